The standard InChI is InChI=1S/C16H24N2O3/c1-12(2)10-17-15(19)11-18(3)9-8-13-6-4-5-7-14(13)16(20)21/h4-7,12H,8-11H2,1-3H3,(H,17,19)(H,20,21). The van der Waals surface area contributed by atoms with Crippen LogP contribution >= 0.6 is 0 Å². The van der Waals surface area contributed by atoms with Crippen LogP contribution in [-0.4, -0.2) is 48.6 Å². The number of nitrogens with one attached hydrogen (secondary N) is 1. The Kier molecular flexibility index (Phi) is 6.88. The topological polar surface area (TPSA) is 69.6 Å². The zero-order valence-corrected chi connectivity index (χ0v) is 12.9. The first-order chi connectivity index (χ1) is 9.90. The van der Waals surface area contributed by atoms with E-state index in [9.17, 15) is 9.59 Å². The van der Waals surface area contributed by atoms with Crippen molar-refractivity contribution in [3.05, 3.63) is 35.4 Å². The number of carbonyl (C=O) groups is 2. The summed E-state index contributed by atoms with van der Waals surface area (Å²) in [5.41, 5.74) is 1.12. The molecule has 0 aromatic heterocycles. The van der Waals surface area contributed by atoms with E-state index < -0.39 is 5.97 Å². The van der Waals surface area contributed by atoms with E-state index in [1.165, 1.54) is 0 Å². The molecule has 0 aliphatic rings. The number of amides is 1. The average Bonchev–Trinajstić information content (AvgIpc) is 2.43. The quantitative estimate of drug-likeness (QED) is 0.764. The van der Waals surface area contributed by atoms with Crippen LogP contribution in [0, 0.1) is 5.92 Å². The Morgan fingerprint density at radius 3 is 2.57 bits per heavy atom. The Morgan fingerprint density at radius 1 is 1.29 bits per heavy atom. The molecule has 0 aliphatic heterocycles. The highest BCUT2D eigenvalue weighted by molar-refractivity contribution is 5.89. The summed E-state index contributed by atoms with van der Waals surface area (Å²) in [6.45, 7) is 5.73. The van der Waals surface area contributed by atoms with Crippen LogP contribution in [0.2, 0.25) is 0 Å². The second kappa shape index (κ2) is 8.42. The highest BCUT2D eigenvalue weighted by Gasteiger charge is 2.11. The van der Waals surface area contributed by atoms with Crippen molar-refractivity contribution in [3.63, 3.8) is 0 Å². The highest BCUT2D eigenvalue weighted by Crippen LogP contribution is 2.09. The Balaban J connectivity index is 2.44. The molecule has 5 heteroatoms. The summed E-state index contributed by atoms with van der Waals surface area (Å²) in [6.07, 6.45) is 0.608. The fourth-order valence-corrected chi connectivity index (χ4v) is 1.96. The number of carboxylic acids is 1. The van der Waals surface area contributed by atoms with E-state index >= 15 is 0 Å². The zero-order valence-electron chi connectivity index (χ0n) is 12.9. The van der Waals surface area contributed by atoms with Crippen LogP contribution in [0.4, 0.5) is 0 Å². The third-order valence-corrected chi connectivity index (χ3v) is 3.13. The first kappa shape index (κ1) is 17.2. The molecule has 0 radical (unpaired) electrons. The maximum atomic E-state index is 11.7. The van der Waals surface area contributed by atoms with Crippen molar-refractivity contribution in [2.45, 2.75) is 20.3 Å². The Bertz CT molecular complexity index is 486. The van der Waals surface area contributed by atoms with Crippen LogP contribution in [0.25, 0.3) is 0 Å². The minimum absolute atomic E-state index is 0.00211. The summed E-state index contributed by atoms with van der Waals surface area (Å²) in [7, 11) is 1.86. The predicted molar refractivity (Wildman–Crippen MR) is 82.5 cm³/mol. The number of likely N-dealkylation sites (N-methyl/N-ethyl adjacent to an activating group) is 1. The lowest BCUT2D eigenvalue weighted by molar-refractivity contribution is -0.122. The molecule has 21 heavy (non-hydrogen) atoms. The summed E-state index contributed by atoms with van der Waals surface area (Å²) >= 11 is 0. The molecule has 1 amide bonds. The number of carboxylic acid groups (broad SMARTS) is 1. The molecule has 5 nitrogen and oxygen atoms in total. The largest absolute Gasteiger partial charge is 0.478 e. The van der Waals surface area contributed by atoms with Crippen molar-refractivity contribution in [2.24, 2.45) is 5.92 Å². The van der Waals surface area contributed by atoms with Gasteiger partial charge in [-0.2, -0.15) is 0 Å². The molecule has 0 heterocycles. The third kappa shape index (κ3) is 6.40. The van der Waals surface area contributed by atoms with Gasteiger partial charge in [-0.1, -0.05) is 32.0 Å². The SMILES string of the molecule is CC(C)CNC(=O)CN(C)CCc1ccccc1C(=O)O. The number of rotatable bonds is 8. The molecule has 0 fully saturated rings. The van der Waals surface area contributed by atoms with Gasteiger partial charge >= 0.3 is 5.97 Å². The monoisotopic (exact) mass is 292 g/mol. The minimum Gasteiger partial charge on any atom is -0.478 e. The molecule has 1 aromatic rings. The molecule has 0 saturated heterocycles. The molecular formula is C16H24N2O3. The van der Waals surface area contributed by atoms with Crippen molar-refractivity contribution in [3.8, 4) is 0 Å². The number of carbonyl (C=O) groups excluding carboxylic acids is 1. The predicted octanol–water partition coefficient (Wildman–Crippen LogP) is 1.63. The van der Waals surface area contributed by atoms with E-state index in [4.69, 9.17) is 5.11 Å². The van der Waals surface area contributed by atoms with Gasteiger partial charge in [0.2, 0.25) is 5.91 Å². The second-order valence-electron chi connectivity index (χ2n) is 5.65. The highest BCUT2D eigenvalue weighted by atomic mass is 16.4. The smallest absolute Gasteiger partial charge is 0.335 e. The number of benzene rings is 1. The lowest BCUT2D eigenvalue weighted by Gasteiger charge is -2.17. The first-order valence-electron chi connectivity index (χ1n) is 7.16. The summed E-state index contributed by atoms with van der Waals surface area (Å²) < 4.78 is 0. The normalized spacial score (nSPS) is 10.9. The number of hydrogen-bond donors (Lipinski definition) is 2. The lowest BCUT2D eigenvalue weighted by atomic mass is 10.0. The van der Waals surface area contributed by atoms with Gasteiger partial charge in [0.05, 0.1) is 12.1 Å². The van der Waals surface area contributed by atoms with Crippen LogP contribution in [0.15, 0.2) is 24.3 Å². The molecule has 0 spiro atoms. The molecule has 0 aliphatic carbocycles. The molecule has 1 aromatic carbocycles. The first-order valence-corrected chi connectivity index (χ1v) is 7.16. The van der Waals surface area contributed by atoms with Crippen LogP contribution in [-0.2, 0) is 11.2 Å². The Morgan fingerprint density at radius 2 is 1.95 bits per heavy atom. The van der Waals surface area contributed by atoms with Gasteiger partial charge in [-0.15, -0.1) is 0 Å². The van der Waals surface area contributed by atoms with E-state index in [1.807, 2.05) is 37.9 Å². The summed E-state index contributed by atoms with van der Waals surface area (Å²) in [6, 6.07) is 6.97. The molecule has 0 unspecified atom stereocenters. The summed E-state index contributed by atoms with van der Waals surface area (Å²) in [5, 5.41) is 12.0. The average molecular weight is 292 g/mol. The van der Waals surface area contributed by atoms with Crippen molar-refractivity contribution in [1.29, 1.82) is 0 Å². The van der Waals surface area contributed by atoms with E-state index in [-0.39, 0.29) is 5.91 Å². The molecular weight excluding hydrogens is 268 g/mol. The summed E-state index contributed by atoms with van der Waals surface area (Å²) in [5.74, 6) is -0.484. The molecule has 2 N–H and O–H groups in total. The van der Waals surface area contributed by atoms with Gasteiger partial charge < -0.3 is 10.4 Å². The molecule has 1 rings (SSSR count). The second-order valence-corrected chi connectivity index (χ2v) is 5.65. The van der Waals surface area contributed by atoms with Crippen molar-refractivity contribution in [2.75, 3.05) is 26.7 Å². The fourth-order valence-electron chi connectivity index (χ4n) is 1.96. The Labute approximate surface area is 126 Å². The van der Waals surface area contributed by atoms with E-state index in [1.54, 1.807) is 12.1 Å². The van der Waals surface area contributed by atoms with E-state index in [0.29, 0.717) is 37.5 Å². The van der Waals surface area contributed by atoms with Gasteiger partial charge in [0, 0.05) is 13.1 Å². The molecule has 0 bridgehead atoms. The Hall–Kier alpha value is -1.88. The van der Waals surface area contributed by atoms with Crippen LogP contribution in [0.3, 0.4) is 0 Å². The number of hydrogen-bond acceptors (Lipinski definition) is 3. The van der Waals surface area contributed by atoms with Crippen molar-refractivity contribution in [1.82, 2.24) is 10.2 Å². The van der Waals surface area contributed by atoms with Crippen LogP contribution in [0.5, 0.6) is 0 Å². The zero-order chi connectivity index (χ0) is 15.8. The van der Waals surface area contributed by atoms with Crippen LogP contribution < -0.4 is 5.32 Å². The van der Waals surface area contributed by atoms with E-state index in [0.717, 1.165) is 5.56 Å². The molecule has 0 atom stereocenters. The van der Waals surface area contributed by atoms with Gasteiger partial charge in [-0.05, 0) is 31.0 Å². The lowest BCUT2D eigenvalue weighted by Crippen LogP contribution is -2.37. The molecule has 0 saturated carbocycles. The van der Waals surface area contributed by atoms with Gasteiger partial charge in [-0.25, -0.2) is 4.79 Å². The fraction of sp³-hybridized carbons (Fsp3) is 0.500. The van der Waals surface area contributed by atoms with Crippen LogP contribution in [0.1, 0.15) is 29.8 Å². The number of aromatic carboxylic acids is 1. The summed E-state index contributed by atoms with van der Waals surface area (Å²) in [4.78, 5) is 24.7. The van der Waals surface area contributed by atoms with Gasteiger partial charge in [0.15, 0.2) is 0 Å². The number of nitrogens with zero attached hydrogens (tertiary/aromatic N) is 1. The van der Waals surface area contributed by atoms with Crippen molar-refractivity contribution >= 4 is 11.9 Å². The minimum atomic E-state index is -0.914. The molecule has 116 valence electrons. The van der Waals surface area contributed by atoms with E-state index in [2.05, 4.69) is 5.32 Å². The van der Waals surface area contributed by atoms with Gasteiger partial charge in [-0.3, -0.25) is 9.69 Å². The maximum Gasteiger partial charge on any atom is 0.335 e. The maximum absolute atomic E-state index is 11.7. The van der Waals surface area contributed by atoms with Crippen molar-refractivity contribution < 1.29 is 14.7 Å². The van der Waals surface area contributed by atoms with Gasteiger partial charge in [0.25, 0.3) is 0 Å². The third-order valence-electron chi connectivity index (χ3n) is 3.13. The van der Waals surface area contributed by atoms with Gasteiger partial charge in [0.1, 0.15) is 0 Å².